The first-order chi connectivity index (χ1) is 13.0. The second kappa shape index (κ2) is 7.09. The summed E-state index contributed by atoms with van der Waals surface area (Å²) in [6.45, 7) is 0.890. The molecule has 1 amide bonds. The molecule has 3 aromatic rings. The zero-order valence-electron chi connectivity index (χ0n) is 14.6. The molecular formula is C19H18ClN3O4. The van der Waals surface area contributed by atoms with Crippen molar-refractivity contribution in [1.82, 2.24) is 14.9 Å². The van der Waals surface area contributed by atoms with Crippen LogP contribution in [0.1, 0.15) is 22.0 Å². The van der Waals surface area contributed by atoms with Gasteiger partial charge in [0.1, 0.15) is 13.2 Å². The number of rotatable bonds is 4. The minimum Gasteiger partial charge on any atom is -0.486 e. The fraction of sp³-hybridized carbons (Fsp3) is 0.263. The van der Waals surface area contributed by atoms with Crippen molar-refractivity contribution in [2.24, 2.45) is 7.05 Å². The van der Waals surface area contributed by atoms with Crippen LogP contribution in [-0.4, -0.2) is 40.3 Å². The molecule has 27 heavy (non-hydrogen) atoms. The van der Waals surface area contributed by atoms with E-state index in [2.05, 4.69) is 10.3 Å². The summed E-state index contributed by atoms with van der Waals surface area (Å²) in [6, 6.07) is 8.65. The lowest BCUT2D eigenvalue weighted by Crippen LogP contribution is -2.29. The van der Waals surface area contributed by atoms with Crippen LogP contribution < -0.4 is 14.8 Å². The number of aliphatic hydroxyl groups excluding tert-OH is 1. The Morgan fingerprint density at radius 2 is 2.19 bits per heavy atom. The number of aliphatic hydroxyl groups is 1. The number of fused-ring (bicyclic) bond motifs is 2. The Balaban J connectivity index is 1.50. The van der Waals surface area contributed by atoms with Crippen LogP contribution in [0.5, 0.6) is 11.5 Å². The predicted octanol–water partition coefficient (Wildman–Crippen LogP) is 2.46. The van der Waals surface area contributed by atoms with Gasteiger partial charge in [-0.1, -0.05) is 17.7 Å². The molecule has 0 saturated carbocycles. The van der Waals surface area contributed by atoms with Gasteiger partial charge in [-0.05, 0) is 29.8 Å². The Labute approximate surface area is 160 Å². The topological polar surface area (TPSA) is 85.6 Å². The number of hydrogen-bond donors (Lipinski definition) is 2. The van der Waals surface area contributed by atoms with E-state index in [1.54, 1.807) is 35.2 Å². The maximum absolute atomic E-state index is 12.6. The summed E-state index contributed by atoms with van der Waals surface area (Å²) in [4.78, 5) is 16.9. The van der Waals surface area contributed by atoms with Gasteiger partial charge in [-0.2, -0.15) is 0 Å². The standard InChI is InChI=1S/C19H18ClN3O4/c1-23-10-22-14-4-2-3-12(17(14)23)19(25)21-9-15(24)11-7-13(20)18-16(8-11)26-5-6-27-18/h2-4,7-8,10,15,24H,5-6,9H2,1H3,(H,21,25). The average Bonchev–Trinajstić information content (AvgIpc) is 3.07. The molecule has 2 aromatic carbocycles. The lowest BCUT2D eigenvalue weighted by molar-refractivity contribution is 0.0917. The van der Waals surface area contributed by atoms with Crippen molar-refractivity contribution in [2.75, 3.05) is 19.8 Å². The highest BCUT2D eigenvalue weighted by Gasteiger charge is 2.20. The number of imidazole rings is 1. The molecule has 0 bridgehead atoms. The number of halogens is 1. The van der Waals surface area contributed by atoms with E-state index in [-0.39, 0.29) is 12.5 Å². The third-order valence-electron chi connectivity index (χ3n) is 4.44. The summed E-state index contributed by atoms with van der Waals surface area (Å²) in [7, 11) is 1.83. The number of benzene rings is 2. The van der Waals surface area contributed by atoms with Crippen LogP contribution in [0.3, 0.4) is 0 Å². The molecule has 1 aliphatic rings. The molecule has 8 heteroatoms. The highest BCUT2D eigenvalue weighted by Crippen LogP contribution is 2.39. The van der Waals surface area contributed by atoms with E-state index in [4.69, 9.17) is 21.1 Å². The van der Waals surface area contributed by atoms with Gasteiger partial charge in [0.05, 0.1) is 34.1 Å². The van der Waals surface area contributed by atoms with Crippen LogP contribution in [0.15, 0.2) is 36.7 Å². The Hall–Kier alpha value is -2.77. The normalized spacial score (nSPS) is 14.2. The number of para-hydroxylation sites is 1. The molecule has 0 saturated heterocycles. The number of carbonyl (C=O) groups is 1. The maximum atomic E-state index is 12.6. The number of nitrogens with one attached hydrogen (secondary N) is 1. The van der Waals surface area contributed by atoms with Gasteiger partial charge in [-0.3, -0.25) is 4.79 Å². The van der Waals surface area contributed by atoms with Gasteiger partial charge in [-0.15, -0.1) is 0 Å². The van der Waals surface area contributed by atoms with Crippen LogP contribution in [0.2, 0.25) is 5.02 Å². The van der Waals surface area contributed by atoms with Crippen molar-refractivity contribution in [1.29, 1.82) is 0 Å². The molecule has 2 heterocycles. The van der Waals surface area contributed by atoms with Crippen molar-refractivity contribution < 1.29 is 19.4 Å². The Morgan fingerprint density at radius 1 is 1.37 bits per heavy atom. The van der Waals surface area contributed by atoms with E-state index in [1.807, 2.05) is 13.1 Å². The Kier molecular flexibility index (Phi) is 4.63. The molecule has 0 radical (unpaired) electrons. The molecule has 1 unspecified atom stereocenters. The first kappa shape index (κ1) is 17.6. The van der Waals surface area contributed by atoms with Crippen LogP contribution in [0.25, 0.3) is 11.0 Å². The lowest BCUT2D eigenvalue weighted by Gasteiger charge is -2.21. The number of aryl methyl sites for hydroxylation is 1. The number of ether oxygens (including phenoxy) is 2. The molecule has 1 aromatic heterocycles. The average molecular weight is 388 g/mol. The van der Waals surface area contributed by atoms with E-state index >= 15 is 0 Å². The van der Waals surface area contributed by atoms with E-state index in [1.165, 1.54) is 0 Å². The molecule has 4 rings (SSSR count). The van der Waals surface area contributed by atoms with Gasteiger partial charge < -0.3 is 24.5 Å². The predicted molar refractivity (Wildman–Crippen MR) is 100 cm³/mol. The van der Waals surface area contributed by atoms with Gasteiger partial charge in [0, 0.05) is 13.6 Å². The third kappa shape index (κ3) is 3.31. The van der Waals surface area contributed by atoms with Gasteiger partial charge in [0.15, 0.2) is 11.5 Å². The number of aromatic nitrogens is 2. The SMILES string of the molecule is Cn1cnc2cccc(C(=O)NCC(O)c3cc(Cl)c4c(c3)OCCO4)c21. The number of amides is 1. The highest BCUT2D eigenvalue weighted by molar-refractivity contribution is 6.32. The van der Waals surface area contributed by atoms with Crippen molar-refractivity contribution in [2.45, 2.75) is 6.10 Å². The van der Waals surface area contributed by atoms with Crippen molar-refractivity contribution in [3.63, 3.8) is 0 Å². The summed E-state index contributed by atoms with van der Waals surface area (Å²) in [5.41, 5.74) is 2.53. The second-order valence-electron chi connectivity index (χ2n) is 6.28. The van der Waals surface area contributed by atoms with E-state index in [0.717, 1.165) is 11.0 Å². The molecular weight excluding hydrogens is 370 g/mol. The first-order valence-electron chi connectivity index (χ1n) is 8.50. The summed E-state index contributed by atoms with van der Waals surface area (Å²) in [5.74, 6) is 0.687. The largest absolute Gasteiger partial charge is 0.486 e. The van der Waals surface area contributed by atoms with Crippen LogP contribution in [-0.2, 0) is 7.05 Å². The van der Waals surface area contributed by atoms with E-state index in [0.29, 0.717) is 40.9 Å². The first-order valence-corrected chi connectivity index (χ1v) is 8.87. The van der Waals surface area contributed by atoms with Crippen LogP contribution in [0.4, 0.5) is 0 Å². The van der Waals surface area contributed by atoms with Gasteiger partial charge in [0.2, 0.25) is 0 Å². The number of nitrogens with zero attached hydrogens (tertiary/aromatic N) is 2. The maximum Gasteiger partial charge on any atom is 0.253 e. The number of hydrogen-bond acceptors (Lipinski definition) is 5. The van der Waals surface area contributed by atoms with Crippen molar-refractivity contribution in [3.8, 4) is 11.5 Å². The fourth-order valence-electron chi connectivity index (χ4n) is 3.12. The van der Waals surface area contributed by atoms with Crippen molar-refractivity contribution in [3.05, 3.63) is 52.8 Å². The molecule has 0 aliphatic carbocycles. The molecule has 7 nitrogen and oxygen atoms in total. The molecule has 0 spiro atoms. The molecule has 1 atom stereocenters. The highest BCUT2D eigenvalue weighted by atomic mass is 35.5. The van der Waals surface area contributed by atoms with Gasteiger partial charge in [0.25, 0.3) is 5.91 Å². The second-order valence-corrected chi connectivity index (χ2v) is 6.69. The zero-order chi connectivity index (χ0) is 19.0. The fourth-order valence-corrected chi connectivity index (χ4v) is 3.40. The quantitative estimate of drug-likeness (QED) is 0.718. The van der Waals surface area contributed by atoms with E-state index in [9.17, 15) is 9.90 Å². The molecule has 140 valence electrons. The van der Waals surface area contributed by atoms with E-state index < -0.39 is 6.10 Å². The third-order valence-corrected chi connectivity index (χ3v) is 4.72. The van der Waals surface area contributed by atoms with Crippen LogP contribution >= 0.6 is 11.6 Å². The summed E-state index contributed by atoms with van der Waals surface area (Å²) < 4.78 is 12.8. The summed E-state index contributed by atoms with van der Waals surface area (Å²) in [5, 5.41) is 13.6. The monoisotopic (exact) mass is 387 g/mol. The molecule has 1 aliphatic heterocycles. The zero-order valence-corrected chi connectivity index (χ0v) is 15.4. The Morgan fingerprint density at radius 3 is 3.04 bits per heavy atom. The van der Waals surface area contributed by atoms with Crippen molar-refractivity contribution >= 4 is 28.5 Å². The summed E-state index contributed by atoms with van der Waals surface area (Å²) in [6.07, 6.45) is 0.723. The smallest absolute Gasteiger partial charge is 0.253 e. The van der Waals surface area contributed by atoms with Gasteiger partial charge >= 0.3 is 0 Å². The molecule has 0 fully saturated rings. The van der Waals surface area contributed by atoms with Crippen LogP contribution in [0, 0.1) is 0 Å². The number of carbonyl (C=O) groups excluding carboxylic acids is 1. The summed E-state index contributed by atoms with van der Waals surface area (Å²) >= 11 is 6.21. The van der Waals surface area contributed by atoms with Gasteiger partial charge in [-0.25, -0.2) is 4.98 Å². The lowest BCUT2D eigenvalue weighted by atomic mass is 10.1. The minimum absolute atomic E-state index is 0.0308. The molecule has 2 N–H and O–H groups in total. The Bertz CT molecular complexity index is 1020. The minimum atomic E-state index is -0.937.